The van der Waals surface area contributed by atoms with Crippen LogP contribution in [0, 0.1) is 0 Å². The zero-order valence-electron chi connectivity index (χ0n) is 10.6. The summed E-state index contributed by atoms with van der Waals surface area (Å²) in [6, 6.07) is 8.14. The molecule has 0 aromatic heterocycles. The normalized spacial score (nSPS) is 17.7. The van der Waals surface area contributed by atoms with E-state index in [0.29, 0.717) is 5.57 Å². The zero-order chi connectivity index (χ0) is 13.0. The van der Waals surface area contributed by atoms with Crippen LogP contribution in [-0.2, 0) is 14.3 Å². The standard InChI is InChI=1S/C15H16O3/c1-17-10-13(15(16)18-2)9-12-8-7-11-5-3-4-6-14(11)12/h3-9,12H,10H2,1-2H3. The van der Waals surface area contributed by atoms with Crippen molar-refractivity contribution in [3.05, 3.63) is 53.1 Å². The number of hydrogen-bond donors (Lipinski definition) is 0. The first-order chi connectivity index (χ1) is 8.76. The number of benzene rings is 1. The molecule has 94 valence electrons. The van der Waals surface area contributed by atoms with E-state index in [2.05, 4.69) is 24.3 Å². The minimum Gasteiger partial charge on any atom is -0.466 e. The predicted octanol–water partition coefficient (Wildman–Crippen LogP) is 2.54. The first kappa shape index (κ1) is 12.6. The van der Waals surface area contributed by atoms with E-state index >= 15 is 0 Å². The van der Waals surface area contributed by atoms with Crippen molar-refractivity contribution in [2.75, 3.05) is 20.8 Å². The molecule has 0 fully saturated rings. The smallest absolute Gasteiger partial charge is 0.335 e. The third-order valence-corrected chi connectivity index (χ3v) is 2.97. The highest BCUT2D eigenvalue weighted by atomic mass is 16.5. The van der Waals surface area contributed by atoms with E-state index in [-0.39, 0.29) is 18.5 Å². The van der Waals surface area contributed by atoms with Gasteiger partial charge >= 0.3 is 5.97 Å². The van der Waals surface area contributed by atoms with Crippen LogP contribution in [-0.4, -0.2) is 26.8 Å². The molecule has 1 aromatic rings. The lowest BCUT2D eigenvalue weighted by Crippen LogP contribution is -2.11. The van der Waals surface area contributed by atoms with E-state index in [1.165, 1.54) is 18.2 Å². The molecule has 3 nitrogen and oxygen atoms in total. The molecule has 0 spiro atoms. The molecule has 2 rings (SSSR count). The van der Waals surface area contributed by atoms with Crippen molar-refractivity contribution in [1.29, 1.82) is 0 Å². The molecule has 0 heterocycles. The Morgan fingerprint density at radius 1 is 1.33 bits per heavy atom. The Hall–Kier alpha value is -1.87. The minimum atomic E-state index is -0.338. The molecule has 0 saturated heterocycles. The van der Waals surface area contributed by atoms with Gasteiger partial charge in [-0.2, -0.15) is 0 Å². The Morgan fingerprint density at radius 3 is 2.83 bits per heavy atom. The second-order valence-electron chi connectivity index (χ2n) is 4.13. The van der Waals surface area contributed by atoms with Crippen LogP contribution in [0.5, 0.6) is 0 Å². The van der Waals surface area contributed by atoms with Crippen molar-refractivity contribution < 1.29 is 14.3 Å². The number of allylic oxidation sites excluding steroid dienone is 2. The van der Waals surface area contributed by atoms with Crippen LogP contribution in [0.2, 0.25) is 0 Å². The Bertz CT molecular complexity index is 500. The van der Waals surface area contributed by atoms with Gasteiger partial charge in [-0.15, -0.1) is 0 Å². The summed E-state index contributed by atoms with van der Waals surface area (Å²) in [6.07, 6.45) is 6.04. The predicted molar refractivity (Wildman–Crippen MR) is 70.2 cm³/mol. The highest BCUT2D eigenvalue weighted by Gasteiger charge is 2.18. The van der Waals surface area contributed by atoms with Crippen LogP contribution in [0.15, 0.2) is 42.0 Å². The number of hydrogen-bond acceptors (Lipinski definition) is 3. The first-order valence-electron chi connectivity index (χ1n) is 5.81. The summed E-state index contributed by atoms with van der Waals surface area (Å²) in [7, 11) is 2.94. The zero-order valence-corrected chi connectivity index (χ0v) is 10.6. The van der Waals surface area contributed by atoms with Crippen molar-refractivity contribution in [2.45, 2.75) is 5.92 Å². The molecule has 0 N–H and O–H groups in total. The van der Waals surface area contributed by atoms with Gasteiger partial charge in [0.1, 0.15) is 0 Å². The third-order valence-electron chi connectivity index (χ3n) is 2.97. The number of fused-ring (bicyclic) bond motifs is 1. The van der Waals surface area contributed by atoms with Crippen molar-refractivity contribution in [3.63, 3.8) is 0 Å². The summed E-state index contributed by atoms with van der Waals surface area (Å²) in [6.45, 7) is 0.263. The van der Waals surface area contributed by atoms with Gasteiger partial charge in [-0.3, -0.25) is 0 Å². The van der Waals surface area contributed by atoms with Gasteiger partial charge in [0, 0.05) is 13.0 Å². The summed E-state index contributed by atoms with van der Waals surface area (Å²) in [5.41, 5.74) is 2.95. The molecule has 0 bridgehead atoms. The topological polar surface area (TPSA) is 35.5 Å². The van der Waals surface area contributed by atoms with Gasteiger partial charge in [-0.05, 0) is 11.1 Å². The fraction of sp³-hybridized carbons (Fsp3) is 0.267. The van der Waals surface area contributed by atoms with Gasteiger partial charge in [-0.1, -0.05) is 42.5 Å². The molecular weight excluding hydrogens is 228 g/mol. The number of esters is 1. The fourth-order valence-electron chi connectivity index (χ4n) is 2.10. The van der Waals surface area contributed by atoms with Crippen LogP contribution < -0.4 is 0 Å². The van der Waals surface area contributed by atoms with Crippen LogP contribution in [0.25, 0.3) is 6.08 Å². The molecule has 1 atom stereocenters. The molecule has 1 unspecified atom stereocenters. The van der Waals surface area contributed by atoms with Crippen molar-refractivity contribution >= 4 is 12.0 Å². The molecule has 0 saturated carbocycles. The molecule has 18 heavy (non-hydrogen) atoms. The summed E-state index contributed by atoms with van der Waals surface area (Å²) in [5, 5.41) is 0. The van der Waals surface area contributed by atoms with Crippen LogP contribution in [0.1, 0.15) is 17.0 Å². The molecule has 0 amide bonds. The molecular formula is C15H16O3. The van der Waals surface area contributed by atoms with Gasteiger partial charge in [0.05, 0.1) is 19.3 Å². The largest absolute Gasteiger partial charge is 0.466 e. The van der Waals surface area contributed by atoms with E-state index in [4.69, 9.17) is 9.47 Å². The highest BCUT2D eigenvalue weighted by Crippen LogP contribution is 2.31. The molecule has 0 radical (unpaired) electrons. The molecule has 1 aliphatic rings. The summed E-state index contributed by atoms with van der Waals surface area (Å²) in [4.78, 5) is 11.6. The van der Waals surface area contributed by atoms with Gasteiger partial charge in [0.2, 0.25) is 0 Å². The van der Waals surface area contributed by atoms with Crippen molar-refractivity contribution in [3.8, 4) is 0 Å². The molecule has 1 aliphatic carbocycles. The number of carbonyl (C=O) groups excluding carboxylic acids is 1. The van der Waals surface area contributed by atoms with Crippen LogP contribution in [0.3, 0.4) is 0 Å². The van der Waals surface area contributed by atoms with Gasteiger partial charge in [0.15, 0.2) is 0 Å². The molecule has 0 aliphatic heterocycles. The highest BCUT2D eigenvalue weighted by molar-refractivity contribution is 5.89. The average Bonchev–Trinajstić information content (AvgIpc) is 2.81. The van der Waals surface area contributed by atoms with Crippen molar-refractivity contribution in [2.24, 2.45) is 0 Å². The maximum atomic E-state index is 11.6. The lowest BCUT2D eigenvalue weighted by atomic mass is 9.98. The van der Waals surface area contributed by atoms with Crippen LogP contribution >= 0.6 is 0 Å². The average molecular weight is 244 g/mol. The second kappa shape index (κ2) is 5.65. The summed E-state index contributed by atoms with van der Waals surface area (Å²) >= 11 is 0. The number of methoxy groups -OCH3 is 2. The van der Waals surface area contributed by atoms with E-state index in [9.17, 15) is 4.79 Å². The Labute approximate surface area is 107 Å². The number of ether oxygens (including phenoxy) is 2. The van der Waals surface area contributed by atoms with E-state index in [0.717, 1.165) is 0 Å². The summed E-state index contributed by atoms with van der Waals surface area (Å²) < 4.78 is 9.78. The van der Waals surface area contributed by atoms with Crippen molar-refractivity contribution in [1.82, 2.24) is 0 Å². The monoisotopic (exact) mass is 244 g/mol. The Kier molecular flexibility index (Phi) is 3.95. The third kappa shape index (κ3) is 2.51. The van der Waals surface area contributed by atoms with E-state index in [1.807, 2.05) is 18.2 Å². The maximum absolute atomic E-state index is 11.6. The Morgan fingerprint density at radius 2 is 2.11 bits per heavy atom. The molecule has 3 heteroatoms. The van der Waals surface area contributed by atoms with Crippen LogP contribution in [0.4, 0.5) is 0 Å². The molecule has 1 aromatic carbocycles. The van der Waals surface area contributed by atoms with E-state index in [1.54, 1.807) is 7.11 Å². The minimum absolute atomic E-state index is 0.116. The number of carbonyl (C=O) groups is 1. The second-order valence-corrected chi connectivity index (χ2v) is 4.13. The van der Waals surface area contributed by atoms with Gasteiger partial charge < -0.3 is 9.47 Å². The fourth-order valence-corrected chi connectivity index (χ4v) is 2.10. The van der Waals surface area contributed by atoms with Gasteiger partial charge in [-0.25, -0.2) is 4.79 Å². The SMILES string of the molecule is COCC(=CC1C=Cc2ccccc21)C(=O)OC. The Balaban J connectivity index is 2.27. The quantitative estimate of drug-likeness (QED) is 0.603. The number of rotatable bonds is 4. The first-order valence-corrected chi connectivity index (χ1v) is 5.81. The summed E-state index contributed by atoms with van der Waals surface area (Å²) in [5.74, 6) is -0.222. The lowest BCUT2D eigenvalue weighted by Gasteiger charge is -2.09. The van der Waals surface area contributed by atoms with E-state index < -0.39 is 0 Å². The lowest BCUT2D eigenvalue weighted by molar-refractivity contribution is -0.136. The van der Waals surface area contributed by atoms with Gasteiger partial charge in [0.25, 0.3) is 0 Å². The maximum Gasteiger partial charge on any atom is 0.335 e.